The Morgan fingerprint density at radius 1 is 0.643 bits per heavy atom. The Morgan fingerprint density at radius 3 is 2.00 bits per heavy atom. The lowest BCUT2D eigenvalue weighted by atomic mass is 9.90. The molecule has 0 radical (unpaired) electrons. The predicted molar refractivity (Wildman–Crippen MR) is 177 cm³/mol. The number of carbonyl (C=O) groups excluding carboxylic acids is 2. The van der Waals surface area contributed by atoms with E-state index in [1.165, 1.54) is 11.1 Å². The Kier molecular flexibility index (Phi) is 6.80. The van der Waals surface area contributed by atoms with Crippen LogP contribution in [0.5, 0.6) is 0 Å². The normalized spacial score (nSPS) is 18.2. The van der Waals surface area contributed by atoms with Crippen molar-refractivity contribution in [2.24, 2.45) is 0 Å². The Balaban J connectivity index is 1.50. The molecular weight excluding hydrogens is 514 g/mol. The highest BCUT2D eigenvalue weighted by Gasteiger charge is 2.33. The molecule has 42 heavy (non-hydrogen) atoms. The van der Waals surface area contributed by atoms with Crippen LogP contribution >= 0.6 is 0 Å². The first-order chi connectivity index (χ1) is 20.3. The number of allylic oxidation sites excluding steroid dienone is 6. The molecule has 0 amide bonds. The van der Waals surface area contributed by atoms with Gasteiger partial charge in [0.15, 0.2) is 11.6 Å². The van der Waals surface area contributed by atoms with Gasteiger partial charge in [-0.05, 0) is 113 Å². The van der Waals surface area contributed by atoms with Crippen molar-refractivity contribution in [2.45, 2.75) is 20.8 Å². The van der Waals surface area contributed by atoms with E-state index in [2.05, 4.69) is 87.8 Å². The van der Waals surface area contributed by atoms with Crippen molar-refractivity contribution >= 4 is 51.8 Å². The van der Waals surface area contributed by atoms with Gasteiger partial charge in [-0.15, -0.1) is 0 Å². The minimum absolute atomic E-state index is 0.175. The number of hydrogen-bond acceptors (Lipinski definition) is 3. The van der Waals surface area contributed by atoms with Gasteiger partial charge in [0.2, 0.25) is 0 Å². The maximum absolute atomic E-state index is 13.3. The number of nitrogens with one attached hydrogen (secondary N) is 1. The second kappa shape index (κ2) is 10.6. The van der Waals surface area contributed by atoms with Gasteiger partial charge >= 0.3 is 0 Å². The van der Waals surface area contributed by atoms with Crippen molar-refractivity contribution < 1.29 is 9.59 Å². The molecule has 6 rings (SSSR count). The van der Waals surface area contributed by atoms with Crippen molar-refractivity contribution in [3.8, 4) is 11.1 Å². The van der Waals surface area contributed by atoms with Gasteiger partial charge in [0, 0.05) is 28.6 Å². The number of fused-ring (bicyclic) bond motifs is 5. The van der Waals surface area contributed by atoms with Crippen LogP contribution in [0.3, 0.4) is 0 Å². The topological polar surface area (TPSA) is 46.2 Å². The summed E-state index contributed by atoms with van der Waals surface area (Å²) in [5, 5.41) is 5.61. The minimum atomic E-state index is -0.261. The van der Waals surface area contributed by atoms with E-state index in [4.69, 9.17) is 0 Å². The maximum atomic E-state index is 13.3. The third-order valence-electron chi connectivity index (χ3n) is 7.95. The van der Waals surface area contributed by atoms with E-state index in [-0.39, 0.29) is 17.1 Å². The molecule has 0 bridgehead atoms. The zero-order chi connectivity index (χ0) is 29.5. The number of ketones is 2. The van der Waals surface area contributed by atoms with Crippen molar-refractivity contribution in [1.29, 1.82) is 0 Å². The van der Waals surface area contributed by atoms with Gasteiger partial charge in [-0.2, -0.15) is 0 Å². The Bertz CT molecular complexity index is 1950. The third kappa shape index (κ3) is 4.69. The zero-order valence-corrected chi connectivity index (χ0v) is 24.0. The summed E-state index contributed by atoms with van der Waals surface area (Å²) in [6.45, 7) is 14.0. The first-order valence-electron chi connectivity index (χ1n) is 14.0. The molecule has 1 N–H and O–H groups in total. The van der Waals surface area contributed by atoms with Crippen LogP contribution < -0.4 is 5.32 Å². The van der Waals surface area contributed by atoms with Gasteiger partial charge in [-0.3, -0.25) is 9.59 Å². The second-order valence-corrected chi connectivity index (χ2v) is 10.9. The molecule has 1 aliphatic carbocycles. The molecule has 204 valence electrons. The van der Waals surface area contributed by atoms with E-state index in [9.17, 15) is 9.59 Å². The summed E-state index contributed by atoms with van der Waals surface area (Å²) in [4.78, 5) is 26.7. The molecule has 3 nitrogen and oxygen atoms in total. The number of Topliss-reactive ketones (excluding diaryl/α,β-unsaturated/α-hetero) is 2. The fraction of sp³-hybridized carbons (Fsp3) is 0.0769. The summed E-state index contributed by atoms with van der Waals surface area (Å²) in [7, 11) is 0. The van der Waals surface area contributed by atoms with Crippen LogP contribution in [-0.4, -0.2) is 11.6 Å². The number of rotatable bonds is 3. The lowest BCUT2D eigenvalue weighted by Crippen LogP contribution is -2.00. The fourth-order valence-electron chi connectivity index (χ4n) is 5.91. The van der Waals surface area contributed by atoms with Crippen molar-refractivity contribution in [1.82, 2.24) is 0 Å². The summed E-state index contributed by atoms with van der Waals surface area (Å²) in [6.07, 6.45) is 11.5. The van der Waals surface area contributed by atoms with Crippen LogP contribution in [0.15, 0.2) is 115 Å². The van der Waals surface area contributed by atoms with Crippen LogP contribution in [0, 0.1) is 0 Å². The third-order valence-corrected chi connectivity index (χ3v) is 7.95. The fourth-order valence-corrected chi connectivity index (χ4v) is 5.91. The highest BCUT2D eigenvalue weighted by atomic mass is 16.2. The number of hydrogen-bond donors (Lipinski definition) is 1. The van der Waals surface area contributed by atoms with Gasteiger partial charge in [0.05, 0.1) is 5.57 Å². The van der Waals surface area contributed by atoms with Gasteiger partial charge in [0.1, 0.15) is 0 Å². The smallest absolute Gasteiger partial charge is 0.197 e. The van der Waals surface area contributed by atoms with E-state index in [0.717, 1.165) is 55.4 Å². The number of benzene rings is 4. The highest BCUT2D eigenvalue weighted by Crippen LogP contribution is 2.38. The first kappa shape index (κ1) is 26.9. The van der Waals surface area contributed by atoms with Crippen LogP contribution in [0.25, 0.3) is 45.7 Å². The average molecular weight is 546 g/mol. The summed E-state index contributed by atoms with van der Waals surface area (Å²) < 4.78 is 0. The summed E-state index contributed by atoms with van der Waals surface area (Å²) >= 11 is 0. The Labute approximate surface area is 246 Å². The molecule has 4 aromatic rings. The number of carbonyl (C=O) groups is 2. The number of anilines is 1. The molecule has 2 aliphatic rings. The van der Waals surface area contributed by atoms with Gasteiger partial charge in [-0.1, -0.05) is 73.4 Å². The van der Waals surface area contributed by atoms with Crippen molar-refractivity contribution in [3.63, 3.8) is 0 Å². The first-order valence-corrected chi connectivity index (χ1v) is 14.0. The van der Waals surface area contributed by atoms with Crippen molar-refractivity contribution in [3.05, 3.63) is 148 Å². The van der Waals surface area contributed by atoms with Gasteiger partial charge in [-0.25, -0.2) is 0 Å². The summed E-state index contributed by atoms with van der Waals surface area (Å²) in [5.41, 5.74) is 11.2. The molecule has 4 aromatic carbocycles. The van der Waals surface area contributed by atoms with Gasteiger partial charge in [0.25, 0.3) is 0 Å². The Morgan fingerprint density at radius 2 is 1.31 bits per heavy atom. The minimum Gasteiger partial charge on any atom is -0.361 e. The molecule has 0 spiro atoms. The van der Waals surface area contributed by atoms with Crippen LogP contribution in [0.1, 0.15) is 63.7 Å². The molecule has 0 atom stereocenters. The Hall–Kier alpha value is -5.28. The molecule has 0 unspecified atom stereocenters. The standard InChI is InChI=1S/C39H31NO2/c1-6-27-18-34-35(19-28(27)7-2)39(42)36(38(34)41)17-26-12-13-29-20-32-25(5)15-23(3)14-24(4)22-40-37-11-9-8-10-31(37)33(32)21-30(29)16-26/h6-22,40H,1-2H2,3-5H3/b23-14-,24-22+,25-15-. The summed E-state index contributed by atoms with van der Waals surface area (Å²) in [6, 6.07) is 22.3. The molecule has 0 fully saturated rings. The van der Waals surface area contributed by atoms with E-state index < -0.39 is 0 Å². The lowest BCUT2D eigenvalue weighted by Gasteiger charge is -2.16. The lowest BCUT2D eigenvalue weighted by molar-refractivity contribution is 0.0990. The number of para-hydroxylation sites is 1. The molecule has 1 aliphatic heterocycles. The van der Waals surface area contributed by atoms with E-state index >= 15 is 0 Å². The van der Waals surface area contributed by atoms with Crippen LogP contribution in [0.2, 0.25) is 0 Å². The predicted octanol–water partition coefficient (Wildman–Crippen LogP) is 9.93. The molecule has 3 heteroatoms. The van der Waals surface area contributed by atoms with E-state index in [0.29, 0.717) is 11.1 Å². The van der Waals surface area contributed by atoms with Gasteiger partial charge < -0.3 is 5.32 Å². The molecular formula is C39H31NO2. The molecule has 0 aromatic heterocycles. The van der Waals surface area contributed by atoms with Crippen LogP contribution in [0.4, 0.5) is 5.69 Å². The zero-order valence-electron chi connectivity index (χ0n) is 24.0. The average Bonchev–Trinajstić information content (AvgIpc) is 3.21. The molecule has 0 saturated carbocycles. The second-order valence-electron chi connectivity index (χ2n) is 10.9. The molecule has 0 saturated heterocycles. The molecule has 1 heterocycles. The maximum Gasteiger partial charge on any atom is 0.197 e. The SMILES string of the molecule is C=Cc1cc2c(cc1C=C)C(=O)C(=Cc1ccc3cc4c(cc3c1)-c1ccccc1N/C=C(C)/C=C(C)\C=C/4C)C2=O. The quantitative estimate of drug-likeness (QED) is 0.206. The monoisotopic (exact) mass is 545 g/mol. The van der Waals surface area contributed by atoms with E-state index in [1.54, 1.807) is 30.4 Å². The van der Waals surface area contributed by atoms with E-state index in [1.807, 2.05) is 24.4 Å². The summed E-state index contributed by atoms with van der Waals surface area (Å²) in [5.74, 6) is -0.522. The van der Waals surface area contributed by atoms with Crippen molar-refractivity contribution in [2.75, 3.05) is 5.32 Å². The highest BCUT2D eigenvalue weighted by molar-refractivity contribution is 6.41. The van der Waals surface area contributed by atoms with Crippen LogP contribution in [-0.2, 0) is 0 Å². The largest absolute Gasteiger partial charge is 0.361 e.